The Balaban J connectivity index is 3.38. The zero-order valence-corrected chi connectivity index (χ0v) is 16.0. The second-order valence-electron chi connectivity index (χ2n) is 7.08. The van der Waals surface area contributed by atoms with Gasteiger partial charge in [-0.3, -0.25) is 0 Å². The van der Waals surface area contributed by atoms with Gasteiger partial charge in [-0.15, -0.1) is 0 Å². The van der Waals surface area contributed by atoms with Crippen LogP contribution in [0.5, 0.6) is 0 Å². The van der Waals surface area contributed by atoms with Crippen molar-refractivity contribution in [1.29, 1.82) is 0 Å². The molecule has 0 aliphatic heterocycles. The monoisotopic (exact) mass is 308 g/mol. The van der Waals surface area contributed by atoms with E-state index in [4.69, 9.17) is 0 Å². The Bertz CT molecular complexity index is 216. The van der Waals surface area contributed by atoms with Crippen molar-refractivity contribution in [1.82, 2.24) is 0 Å². The molecule has 0 fully saturated rings. The number of allylic oxidation sites excluding steroid dienone is 2. The van der Waals surface area contributed by atoms with Crippen LogP contribution >= 0.6 is 0 Å². The van der Waals surface area contributed by atoms with Crippen LogP contribution in [0.25, 0.3) is 0 Å². The van der Waals surface area contributed by atoms with E-state index in [1.165, 1.54) is 103 Å². The maximum Gasteiger partial charge on any atom is -0.0351 e. The lowest BCUT2D eigenvalue weighted by molar-refractivity contribution is 0.403. The molecule has 0 spiro atoms. The Morgan fingerprint density at radius 3 is 1.64 bits per heavy atom. The average molecular weight is 309 g/mol. The maximum absolute atomic E-state index is 2.44. The summed E-state index contributed by atoms with van der Waals surface area (Å²) in [5, 5.41) is 0. The minimum Gasteiger partial charge on any atom is -0.0885 e. The Morgan fingerprint density at radius 1 is 0.545 bits per heavy atom. The molecule has 0 heteroatoms. The average Bonchev–Trinajstić information content (AvgIpc) is 2.54. The van der Waals surface area contributed by atoms with Gasteiger partial charge in [0, 0.05) is 0 Å². The Hall–Kier alpha value is -0.260. The molecule has 0 saturated carbocycles. The summed E-state index contributed by atoms with van der Waals surface area (Å²) in [5.74, 6) is 0.990. The molecule has 0 radical (unpaired) electrons. The van der Waals surface area contributed by atoms with E-state index >= 15 is 0 Å². The van der Waals surface area contributed by atoms with Crippen LogP contribution in [-0.2, 0) is 0 Å². The van der Waals surface area contributed by atoms with Gasteiger partial charge >= 0.3 is 0 Å². The molecule has 0 aliphatic carbocycles. The van der Waals surface area contributed by atoms with Crippen molar-refractivity contribution >= 4 is 0 Å². The summed E-state index contributed by atoms with van der Waals surface area (Å²) in [6.45, 7) is 6.96. The van der Waals surface area contributed by atoms with Crippen molar-refractivity contribution < 1.29 is 0 Å². The van der Waals surface area contributed by atoms with E-state index in [1.54, 1.807) is 0 Å². The summed E-state index contributed by atoms with van der Waals surface area (Å²) >= 11 is 0. The second kappa shape index (κ2) is 18.8. The van der Waals surface area contributed by atoms with E-state index < -0.39 is 0 Å². The summed E-state index contributed by atoms with van der Waals surface area (Å²) in [7, 11) is 0. The SMILES string of the molecule is CCCCCCC/C=C/CCCC(CC)CCCCCCC. The van der Waals surface area contributed by atoms with Gasteiger partial charge in [0.2, 0.25) is 0 Å². The fourth-order valence-corrected chi connectivity index (χ4v) is 3.21. The summed E-state index contributed by atoms with van der Waals surface area (Å²) in [4.78, 5) is 0. The Labute approximate surface area is 142 Å². The Kier molecular flexibility index (Phi) is 18.6. The van der Waals surface area contributed by atoms with E-state index in [2.05, 4.69) is 32.9 Å². The molecule has 0 aromatic heterocycles. The third-order valence-corrected chi connectivity index (χ3v) is 4.92. The van der Waals surface area contributed by atoms with Gasteiger partial charge in [0.15, 0.2) is 0 Å². The highest BCUT2D eigenvalue weighted by Gasteiger charge is 2.05. The largest absolute Gasteiger partial charge is 0.0885 e. The zero-order valence-electron chi connectivity index (χ0n) is 16.0. The highest BCUT2D eigenvalue weighted by Crippen LogP contribution is 2.20. The smallest absolute Gasteiger partial charge is 0.0351 e. The van der Waals surface area contributed by atoms with Crippen LogP contribution in [0.2, 0.25) is 0 Å². The van der Waals surface area contributed by atoms with Crippen LogP contribution in [-0.4, -0.2) is 0 Å². The predicted molar refractivity (Wildman–Crippen MR) is 104 cm³/mol. The molecular weight excluding hydrogens is 264 g/mol. The quantitative estimate of drug-likeness (QED) is 0.187. The van der Waals surface area contributed by atoms with Gasteiger partial charge in [0.25, 0.3) is 0 Å². The highest BCUT2D eigenvalue weighted by molar-refractivity contribution is 4.81. The van der Waals surface area contributed by atoms with Gasteiger partial charge in [-0.25, -0.2) is 0 Å². The van der Waals surface area contributed by atoms with Gasteiger partial charge < -0.3 is 0 Å². The van der Waals surface area contributed by atoms with E-state index in [0.717, 1.165) is 5.92 Å². The van der Waals surface area contributed by atoms with Crippen molar-refractivity contribution in [2.24, 2.45) is 5.92 Å². The van der Waals surface area contributed by atoms with Gasteiger partial charge in [-0.2, -0.15) is 0 Å². The molecular formula is C22H44. The normalized spacial score (nSPS) is 13.0. The van der Waals surface area contributed by atoms with Crippen molar-refractivity contribution in [3.05, 3.63) is 12.2 Å². The molecule has 0 aromatic carbocycles. The summed E-state index contributed by atoms with van der Waals surface area (Å²) in [6, 6.07) is 0. The molecule has 0 aromatic rings. The molecule has 1 unspecified atom stereocenters. The first-order valence-electron chi connectivity index (χ1n) is 10.5. The van der Waals surface area contributed by atoms with E-state index in [9.17, 15) is 0 Å². The zero-order chi connectivity index (χ0) is 16.3. The fourth-order valence-electron chi connectivity index (χ4n) is 3.21. The first kappa shape index (κ1) is 21.7. The van der Waals surface area contributed by atoms with Gasteiger partial charge in [-0.1, -0.05) is 110 Å². The molecule has 0 nitrogen and oxygen atoms in total. The van der Waals surface area contributed by atoms with Gasteiger partial charge in [0.05, 0.1) is 0 Å². The first-order chi connectivity index (χ1) is 10.8. The van der Waals surface area contributed by atoms with Crippen LogP contribution in [0.15, 0.2) is 12.2 Å². The lowest BCUT2D eigenvalue weighted by atomic mass is 9.93. The molecule has 0 rings (SSSR count). The molecule has 0 N–H and O–H groups in total. The molecule has 0 amide bonds. The minimum absolute atomic E-state index is 0.990. The first-order valence-corrected chi connectivity index (χ1v) is 10.5. The molecule has 0 saturated heterocycles. The number of unbranched alkanes of at least 4 members (excludes halogenated alkanes) is 10. The predicted octanol–water partition coefficient (Wildman–Crippen LogP) is 8.46. The van der Waals surface area contributed by atoms with E-state index in [-0.39, 0.29) is 0 Å². The molecule has 0 aliphatic rings. The van der Waals surface area contributed by atoms with Crippen molar-refractivity contribution in [2.45, 2.75) is 124 Å². The van der Waals surface area contributed by atoms with Crippen molar-refractivity contribution in [3.8, 4) is 0 Å². The molecule has 132 valence electrons. The van der Waals surface area contributed by atoms with E-state index in [1.807, 2.05) is 0 Å². The molecule has 0 heterocycles. The summed E-state index contributed by atoms with van der Waals surface area (Å²) in [6.07, 6.45) is 27.4. The van der Waals surface area contributed by atoms with Crippen LogP contribution in [0.4, 0.5) is 0 Å². The topological polar surface area (TPSA) is 0 Å². The lowest BCUT2D eigenvalue weighted by Crippen LogP contribution is -1.98. The van der Waals surface area contributed by atoms with Crippen LogP contribution in [0.1, 0.15) is 124 Å². The third-order valence-electron chi connectivity index (χ3n) is 4.92. The summed E-state index contributed by atoms with van der Waals surface area (Å²) in [5.41, 5.74) is 0. The van der Waals surface area contributed by atoms with Gasteiger partial charge in [0.1, 0.15) is 0 Å². The lowest BCUT2D eigenvalue weighted by Gasteiger charge is -2.13. The standard InChI is InChI=1S/C22H44/c1-4-7-9-11-12-13-14-15-17-19-21-22(6-3)20-18-16-10-8-5-2/h14-15,22H,4-13,16-21H2,1-3H3/b15-14+. The number of rotatable bonds is 17. The molecule has 1 atom stereocenters. The fraction of sp³-hybridized carbons (Fsp3) is 0.909. The minimum atomic E-state index is 0.990. The third kappa shape index (κ3) is 16.1. The van der Waals surface area contributed by atoms with Crippen LogP contribution in [0.3, 0.4) is 0 Å². The van der Waals surface area contributed by atoms with Gasteiger partial charge in [-0.05, 0) is 31.6 Å². The second-order valence-corrected chi connectivity index (χ2v) is 7.08. The van der Waals surface area contributed by atoms with Crippen LogP contribution < -0.4 is 0 Å². The summed E-state index contributed by atoms with van der Waals surface area (Å²) < 4.78 is 0. The number of hydrogen-bond acceptors (Lipinski definition) is 0. The Morgan fingerprint density at radius 2 is 1.05 bits per heavy atom. The molecule has 22 heavy (non-hydrogen) atoms. The molecule has 0 bridgehead atoms. The van der Waals surface area contributed by atoms with Crippen LogP contribution in [0, 0.1) is 5.92 Å². The van der Waals surface area contributed by atoms with Crippen molar-refractivity contribution in [3.63, 3.8) is 0 Å². The number of hydrogen-bond donors (Lipinski definition) is 0. The maximum atomic E-state index is 2.44. The van der Waals surface area contributed by atoms with E-state index in [0.29, 0.717) is 0 Å². The van der Waals surface area contributed by atoms with Crippen molar-refractivity contribution in [2.75, 3.05) is 0 Å². The highest BCUT2D eigenvalue weighted by atomic mass is 14.1.